The zero-order chi connectivity index (χ0) is 30.2. The molecule has 0 bridgehead atoms. The number of amides is 1. The molecule has 1 atom stereocenters. The average molecular weight is 620 g/mol. The van der Waals surface area contributed by atoms with Gasteiger partial charge in [0.25, 0.3) is 21.6 Å². The first kappa shape index (κ1) is 30.8. The van der Waals surface area contributed by atoms with Crippen molar-refractivity contribution in [1.82, 2.24) is 4.72 Å². The Kier molecular flexibility index (Phi) is 10.2. The van der Waals surface area contributed by atoms with Gasteiger partial charge in [-0.3, -0.25) is 14.9 Å². The van der Waals surface area contributed by atoms with Gasteiger partial charge in [-0.05, 0) is 92.0 Å². The minimum Gasteiger partial charge on any atom is -0.376 e. The number of hydrogen-bond donors (Lipinski definition) is 2. The molecule has 3 aromatic carbocycles. The van der Waals surface area contributed by atoms with E-state index in [9.17, 15) is 23.3 Å². The first-order valence-corrected chi connectivity index (χ1v) is 17.4. The topological polar surface area (TPSA) is 118 Å². The van der Waals surface area contributed by atoms with E-state index in [1.807, 2.05) is 42.5 Å². The van der Waals surface area contributed by atoms with Gasteiger partial charge in [0.2, 0.25) is 0 Å². The third kappa shape index (κ3) is 8.06. The monoisotopic (exact) mass is 619 g/mol. The van der Waals surface area contributed by atoms with Crippen LogP contribution in [0.25, 0.3) is 5.57 Å². The Hall–Kier alpha value is -3.63. The first-order valence-electron chi connectivity index (χ1n) is 14.9. The smallest absolute Gasteiger partial charge is 0.293 e. The molecule has 0 aromatic heterocycles. The highest BCUT2D eigenvalue weighted by atomic mass is 32.2. The van der Waals surface area contributed by atoms with E-state index >= 15 is 0 Å². The molecule has 2 aliphatic carbocycles. The highest BCUT2D eigenvalue weighted by Crippen LogP contribution is 2.35. The summed E-state index contributed by atoms with van der Waals surface area (Å²) in [6.45, 7) is 0. The molecule has 0 radical (unpaired) electrons. The number of rotatable bonds is 11. The van der Waals surface area contributed by atoms with Gasteiger partial charge in [0, 0.05) is 28.3 Å². The lowest BCUT2D eigenvalue weighted by Gasteiger charge is -2.31. The first-order chi connectivity index (χ1) is 20.8. The number of nitro benzene ring substituents is 1. The van der Waals surface area contributed by atoms with Crippen LogP contribution in [0.3, 0.4) is 0 Å². The summed E-state index contributed by atoms with van der Waals surface area (Å²) >= 11 is 1.70. The second-order valence-electron chi connectivity index (χ2n) is 11.2. The summed E-state index contributed by atoms with van der Waals surface area (Å²) in [4.78, 5) is 25.2. The standard InChI is InChI=1S/C33H37N3O5S2/c37-33(27-18-16-25(17-19-27)24-10-4-1-5-11-24)35-43(40,41)29-20-21-30(32(22-29)36(38)39)34-31(26-12-6-2-7-13-26)23-42-28-14-8-3-9-15-28/h3,8-10,14-22,26,31,34H,1-2,4-7,11-13,23H2,(H,35,37). The molecular weight excluding hydrogens is 583 g/mol. The van der Waals surface area contributed by atoms with E-state index in [0.29, 0.717) is 5.92 Å². The Balaban J connectivity index is 1.32. The van der Waals surface area contributed by atoms with Gasteiger partial charge < -0.3 is 5.32 Å². The fraction of sp³-hybridized carbons (Fsp3) is 0.364. The fourth-order valence-electron chi connectivity index (χ4n) is 5.86. The van der Waals surface area contributed by atoms with E-state index in [4.69, 9.17) is 0 Å². The molecule has 1 amide bonds. The Bertz CT molecular complexity index is 1570. The summed E-state index contributed by atoms with van der Waals surface area (Å²) in [5.74, 6) is 0.287. The van der Waals surface area contributed by atoms with E-state index in [-0.39, 0.29) is 27.9 Å². The molecule has 1 saturated carbocycles. The lowest BCUT2D eigenvalue weighted by Crippen LogP contribution is -2.33. The third-order valence-corrected chi connectivity index (χ3v) is 10.7. The highest BCUT2D eigenvalue weighted by molar-refractivity contribution is 7.99. The van der Waals surface area contributed by atoms with E-state index in [2.05, 4.69) is 16.1 Å². The van der Waals surface area contributed by atoms with Crippen LogP contribution in [0, 0.1) is 16.0 Å². The third-order valence-electron chi connectivity index (χ3n) is 8.24. The molecule has 0 spiro atoms. The van der Waals surface area contributed by atoms with Crippen LogP contribution in [0.2, 0.25) is 0 Å². The number of allylic oxidation sites excluding steroid dienone is 2. The maximum absolute atomic E-state index is 13.2. The number of carbonyl (C=O) groups is 1. The van der Waals surface area contributed by atoms with Gasteiger partial charge in [-0.1, -0.05) is 55.7 Å². The predicted molar refractivity (Wildman–Crippen MR) is 172 cm³/mol. The second-order valence-corrected chi connectivity index (χ2v) is 14.0. The molecule has 43 heavy (non-hydrogen) atoms. The van der Waals surface area contributed by atoms with Crippen molar-refractivity contribution in [3.8, 4) is 0 Å². The number of anilines is 1. The van der Waals surface area contributed by atoms with Crippen molar-refractivity contribution in [2.45, 2.75) is 73.6 Å². The lowest BCUT2D eigenvalue weighted by molar-refractivity contribution is -0.384. The Morgan fingerprint density at radius 1 is 0.953 bits per heavy atom. The summed E-state index contributed by atoms with van der Waals surface area (Å²) in [6, 6.07) is 20.6. The lowest BCUT2D eigenvalue weighted by atomic mass is 9.84. The summed E-state index contributed by atoms with van der Waals surface area (Å²) < 4.78 is 28.4. The van der Waals surface area contributed by atoms with Crippen LogP contribution < -0.4 is 10.0 Å². The van der Waals surface area contributed by atoms with Crippen LogP contribution in [0.15, 0.2) is 88.7 Å². The molecule has 2 N–H and O–H groups in total. The quantitative estimate of drug-likeness (QED) is 0.128. The minimum atomic E-state index is -4.35. The van der Waals surface area contributed by atoms with Crippen molar-refractivity contribution in [1.29, 1.82) is 0 Å². The van der Waals surface area contributed by atoms with Crippen LogP contribution in [0.1, 0.15) is 73.7 Å². The molecule has 2 aliphatic rings. The number of nitrogens with one attached hydrogen (secondary N) is 2. The van der Waals surface area contributed by atoms with Gasteiger partial charge >= 0.3 is 0 Å². The number of hydrogen-bond acceptors (Lipinski definition) is 7. The van der Waals surface area contributed by atoms with Crippen LogP contribution >= 0.6 is 11.8 Å². The molecule has 0 aliphatic heterocycles. The Morgan fingerprint density at radius 3 is 2.37 bits per heavy atom. The minimum absolute atomic E-state index is 0.0290. The van der Waals surface area contributed by atoms with Crippen molar-refractivity contribution in [2.75, 3.05) is 11.1 Å². The van der Waals surface area contributed by atoms with E-state index < -0.39 is 20.9 Å². The zero-order valence-corrected chi connectivity index (χ0v) is 25.7. The van der Waals surface area contributed by atoms with Gasteiger partial charge in [0.1, 0.15) is 5.69 Å². The molecule has 0 heterocycles. The number of nitrogens with zero attached hydrogens (tertiary/aromatic N) is 1. The van der Waals surface area contributed by atoms with E-state index in [1.54, 1.807) is 23.9 Å². The van der Waals surface area contributed by atoms with Crippen LogP contribution in [-0.4, -0.2) is 31.0 Å². The SMILES string of the molecule is O=C(NS(=O)(=O)c1ccc(NC(CSc2ccccc2)C2CCCCC2)c([N+](=O)[O-])c1)c1ccc(C2=CCCCC2)cc1. The number of carbonyl (C=O) groups excluding carboxylic acids is 1. The molecule has 0 saturated heterocycles. The Morgan fingerprint density at radius 2 is 1.70 bits per heavy atom. The number of sulfonamides is 1. The second kappa shape index (κ2) is 14.2. The molecule has 8 nitrogen and oxygen atoms in total. The fourth-order valence-corrected chi connectivity index (χ4v) is 7.93. The van der Waals surface area contributed by atoms with Gasteiger partial charge in [-0.2, -0.15) is 0 Å². The van der Waals surface area contributed by atoms with E-state index in [1.165, 1.54) is 30.5 Å². The molecule has 1 unspecified atom stereocenters. The van der Waals surface area contributed by atoms with Crippen molar-refractivity contribution in [3.05, 3.63) is 100 Å². The molecule has 5 rings (SSSR count). The average Bonchev–Trinajstić information content (AvgIpc) is 3.04. The predicted octanol–water partition coefficient (Wildman–Crippen LogP) is 7.82. The normalized spacial score (nSPS) is 16.6. The summed E-state index contributed by atoms with van der Waals surface area (Å²) in [5, 5.41) is 15.5. The van der Waals surface area contributed by atoms with Crippen molar-refractivity contribution in [3.63, 3.8) is 0 Å². The van der Waals surface area contributed by atoms with Crippen LogP contribution in [0.5, 0.6) is 0 Å². The van der Waals surface area contributed by atoms with Crippen LogP contribution in [0.4, 0.5) is 11.4 Å². The van der Waals surface area contributed by atoms with Gasteiger partial charge in [0.05, 0.1) is 9.82 Å². The zero-order valence-electron chi connectivity index (χ0n) is 24.0. The maximum atomic E-state index is 13.2. The number of benzene rings is 3. The number of thioether (sulfide) groups is 1. The maximum Gasteiger partial charge on any atom is 0.293 e. The molecule has 3 aromatic rings. The van der Waals surface area contributed by atoms with Crippen molar-refractivity contribution in [2.24, 2.45) is 5.92 Å². The summed E-state index contributed by atoms with van der Waals surface area (Å²) in [6.07, 6.45) is 12.0. The van der Waals surface area contributed by atoms with Gasteiger partial charge in [0.15, 0.2) is 0 Å². The van der Waals surface area contributed by atoms with E-state index in [0.717, 1.165) is 67.2 Å². The number of nitro groups is 1. The van der Waals surface area contributed by atoms with Crippen molar-refractivity contribution < 1.29 is 18.1 Å². The molecule has 10 heteroatoms. The largest absolute Gasteiger partial charge is 0.376 e. The van der Waals surface area contributed by atoms with Crippen LogP contribution in [-0.2, 0) is 10.0 Å². The van der Waals surface area contributed by atoms with Gasteiger partial charge in [-0.15, -0.1) is 11.8 Å². The van der Waals surface area contributed by atoms with Crippen molar-refractivity contribution >= 4 is 44.6 Å². The highest BCUT2D eigenvalue weighted by Gasteiger charge is 2.28. The molecule has 226 valence electrons. The van der Waals surface area contributed by atoms with Gasteiger partial charge in [-0.25, -0.2) is 13.1 Å². The molecule has 1 fully saturated rings. The summed E-state index contributed by atoms with van der Waals surface area (Å²) in [5.41, 5.74) is 2.38. The summed E-state index contributed by atoms with van der Waals surface area (Å²) in [7, 11) is -4.35. The Labute approximate surface area is 257 Å². The molecular formula is C33H37N3O5S2.